The predicted octanol–water partition coefficient (Wildman–Crippen LogP) is 4.66. The van der Waals surface area contributed by atoms with Crippen LogP contribution in [-0.2, 0) is 0 Å². The molecule has 1 aliphatic carbocycles. The largest absolute Gasteiger partial charge is 0.329 e. The van der Waals surface area contributed by atoms with Gasteiger partial charge in [-0.15, -0.1) is 0 Å². The third kappa shape index (κ3) is 4.08. The summed E-state index contributed by atoms with van der Waals surface area (Å²) in [4.78, 5) is 2.51. The Balaban J connectivity index is 2.11. The Labute approximate surface area is 138 Å². The number of nitrogens with zero attached hydrogens (tertiary/aromatic N) is 1. The van der Waals surface area contributed by atoms with Crippen molar-refractivity contribution in [3.8, 4) is 0 Å². The van der Waals surface area contributed by atoms with Gasteiger partial charge in [0, 0.05) is 23.1 Å². The highest BCUT2D eigenvalue weighted by Gasteiger charge is 2.31. The first-order valence-electron chi connectivity index (χ1n) is 8.02. The van der Waals surface area contributed by atoms with Crippen LogP contribution in [0, 0.1) is 12.3 Å². The number of halogens is 1. The molecule has 1 fully saturated rings. The fourth-order valence-electron chi connectivity index (χ4n) is 3.46. The number of aryl methyl sites for hydroxylation is 1. The van der Waals surface area contributed by atoms with Crippen LogP contribution < -0.4 is 5.73 Å². The molecule has 1 saturated carbocycles. The first kappa shape index (κ1) is 17.0. The molecule has 0 aromatic heterocycles. The second-order valence-electron chi connectivity index (χ2n) is 7.32. The van der Waals surface area contributed by atoms with Crippen LogP contribution in [0.3, 0.4) is 0 Å². The Hall–Kier alpha value is -0.380. The number of benzene rings is 1. The molecule has 1 aliphatic rings. The second kappa shape index (κ2) is 6.80. The van der Waals surface area contributed by atoms with Crippen LogP contribution in [-0.4, -0.2) is 24.5 Å². The van der Waals surface area contributed by atoms with Gasteiger partial charge in [0.15, 0.2) is 0 Å². The van der Waals surface area contributed by atoms with Crippen LogP contribution in [0.2, 0.25) is 0 Å². The molecule has 21 heavy (non-hydrogen) atoms. The van der Waals surface area contributed by atoms with Crippen molar-refractivity contribution in [1.29, 1.82) is 0 Å². The van der Waals surface area contributed by atoms with Crippen molar-refractivity contribution >= 4 is 15.9 Å². The van der Waals surface area contributed by atoms with Gasteiger partial charge in [0.05, 0.1) is 0 Å². The summed E-state index contributed by atoms with van der Waals surface area (Å²) in [6.45, 7) is 7.60. The van der Waals surface area contributed by atoms with E-state index in [0.717, 1.165) is 0 Å². The van der Waals surface area contributed by atoms with Gasteiger partial charge in [-0.2, -0.15) is 0 Å². The van der Waals surface area contributed by atoms with Gasteiger partial charge < -0.3 is 5.73 Å². The van der Waals surface area contributed by atoms with E-state index < -0.39 is 0 Å². The van der Waals surface area contributed by atoms with Crippen molar-refractivity contribution in [3.63, 3.8) is 0 Å². The molecule has 0 spiro atoms. The average molecular weight is 353 g/mol. The molecule has 0 amide bonds. The molecule has 1 aromatic carbocycles. The van der Waals surface area contributed by atoms with Crippen molar-refractivity contribution in [2.45, 2.75) is 58.5 Å². The van der Waals surface area contributed by atoms with Gasteiger partial charge in [-0.25, -0.2) is 0 Å². The minimum absolute atomic E-state index is 0.322. The van der Waals surface area contributed by atoms with Crippen molar-refractivity contribution < 1.29 is 0 Å². The standard InChI is InChI=1S/C18H29BrN2/c1-13-11-14(5-6-16(13)19)17(12-20)21(4)15-7-9-18(2,3)10-8-15/h5-6,11,15,17H,7-10,12,20H2,1-4H3. The molecule has 0 radical (unpaired) electrons. The van der Waals surface area contributed by atoms with Gasteiger partial charge in [-0.3, -0.25) is 4.90 Å². The molecule has 2 nitrogen and oxygen atoms in total. The molecular formula is C18H29BrN2. The Kier molecular flexibility index (Phi) is 5.50. The van der Waals surface area contributed by atoms with E-state index in [-0.39, 0.29) is 0 Å². The number of rotatable bonds is 4. The molecule has 1 unspecified atom stereocenters. The van der Waals surface area contributed by atoms with E-state index in [1.807, 2.05) is 0 Å². The monoisotopic (exact) mass is 352 g/mol. The van der Waals surface area contributed by atoms with E-state index in [0.29, 0.717) is 24.0 Å². The number of nitrogens with two attached hydrogens (primary N) is 1. The van der Waals surface area contributed by atoms with Crippen molar-refractivity contribution in [1.82, 2.24) is 4.90 Å². The van der Waals surface area contributed by atoms with E-state index in [2.05, 4.69) is 66.8 Å². The predicted molar refractivity (Wildman–Crippen MR) is 94.5 cm³/mol. The third-order valence-corrected chi connectivity index (χ3v) is 6.06. The molecule has 118 valence electrons. The summed E-state index contributed by atoms with van der Waals surface area (Å²) >= 11 is 3.58. The fraction of sp³-hybridized carbons (Fsp3) is 0.667. The van der Waals surface area contributed by atoms with Gasteiger partial charge in [-0.05, 0) is 62.3 Å². The van der Waals surface area contributed by atoms with E-state index in [9.17, 15) is 0 Å². The smallest absolute Gasteiger partial charge is 0.0470 e. The first-order valence-corrected chi connectivity index (χ1v) is 8.81. The average Bonchev–Trinajstić information content (AvgIpc) is 2.43. The van der Waals surface area contributed by atoms with Crippen molar-refractivity contribution in [2.24, 2.45) is 11.1 Å². The maximum absolute atomic E-state index is 6.10. The lowest BCUT2D eigenvalue weighted by Crippen LogP contribution is -2.41. The number of hydrogen-bond acceptors (Lipinski definition) is 2. The Morgan fingerprint density at radius 1 is 1.33 bits per heavy atom. The SMILES string of the molecule is Cc1cc(C(CN)N(C)C2CCC(C)(C)CC2)ccc1Br. The van der Waals surface area contributed by atoms with Crippen molar-refractivity contribution in [2.75, 3.05) is 13.6 Å². The molecule has 3 heteroatoms. The van der Waals surface area contributed by atoms with Crippen LogP contribution in [0.25, 0.3) is 0 Å². The highest BCUT2D eigenvalue weighted by atomic mass is 79.9. The summed E-state index contributed by atoms with van der Waals surface area (Å²) in [5.41, 5.74) is 9.24. The first-order chi connectivity index (χ1) is 9.84. The lowest BCUT2D eigenvalue weighted by molar-refractivity contribution is 0.0966. The third-order valence-electron chi connectivity index (χ3n) is 5.17. The van der Waals surface area contributed by atoms with E-state index in [4.69, 9.17) is 5.73 Å². The fourth-order valence-corrected chi connectivity index (χ4v) is 3.71. The van der Waals surface area contributed by atoms with Crippen LogP contribution in [0.5, 0.6) is 0 Å². The summed E-state index contributed by atoms with van der Waals surface area (Å²) in [6.07, 6.45) is 5.21. The maximum Gasteiger partial charge on any atom is 0.0470 e. The molecular weight excluding hydrogens is 324 g/mol. The zero-order valence-corrected chi connectivity index (χ0v) is 15.4. The maximum atomic E-state index is 6.10. The molecule has 2 rings (SSSR count). The minimum Gasteiger partial charge on any atom is -0.329 e. The zero-order chi connectivity index (χ0) is 15.6. The molecule has 0 bridgehead atoms. The van der Waals surface area contributed by atoms with E-state index >= 15 is 0 Å². The number of likely N-dealkylation sites (N-methyl/N-ethyl adjacent to an activating group) is 1. The molecule has 0 saturated heterocycles. The number of hydrogen-bond donors (Lipinski definition) is 1. The summed E-state index contributed by atoms with van der Waals surface area (Å²) in [6, 6.07) is 7.60. The topological polar surface area (TPSA) is 29.3 Å². The van der Waals surface area contributed by atoms with Gasteiger partial charge in [0.25, 0.3) is 0 Å². The van der Waals surface area contributed by atoms with Gasteiger partial charge in [0.2, 0.25) is 0 Å². The summed E-state index contributed by atoms with van der Waals surface area (Å²) in [5.74, 6) is 0. The van der Waals surface area contributed by atoms with Gasteiger partial charge >= 0.3 is 0 Å². The zero-order valence-electron chi connectivity index (χ0n) is 13.8. The summed E-state index contributed by atoms with van der Waals surface area (Å²) in [5, 5.41) is 0. The van der Waals surface area contributed by atoms with E-state index in [1.165, 1.54) is 41.3 Å². The van der Waals surface area contributed by atoms with E-state index in [1.54, 1.807) is 0 Å². The quantitative estimate of drug-likeness (QED) is 0.853. The highest BCUT2D eigenvalue weighted by Crippen LogP contribution is 2.38. The van der Waals surface area contributed by atoms with Crippen LogP contribution in [0.1, 0.15) is 56.7 Å². The lowest BCUT2D eigenvalue weighted by atomic mass is 9.75. The normalized spacial score (nSPS) is 20.7. The molecule has 1 atom stereocenters. The Morgan fingerprint density at radius 3 is 2.48 bits per heavy atom. The summed E-state index contributed by atoms with van der Waals surface area (Å²) < 4.78 is 1.17. The van der Waals surface area contributed by atoms with Crippen molar-refractivity contribution in [3.05, 3.63) is 33.8 Å². The molecule has 0 heterocycles. The summed E-state index contributed by atoms with van der Waals surface area (Å²) in [7, 11) is 2.25. The lowest BCUT2D eigenvalue weighted by Gasteiger charge is -2.41. The molecule has 1 aromatic rings. The highest BCUT2D eigenvalue weighted by molar-refractivity contribution is 9.10. The van der Waals surface area contributed by atoms with Crippen LogP contribution >= 0.6 is 15.9 Å². The molecule has 2 N–H and O–H groups in total. The van der Waals surface area contributed by atoms with Gasteiger partial charge in [-0.1, -0.05) is 41.9 Å². The molecule has 0 aliphatic heterocycles. The Morgan fingerprint density at radius 2 is 1.95 bits per heavy atom. The minimum atomic E-state index is 0.322. The Bertz CT molecular complexity index is 474. The second-order valence-corrected chi connectivity index (χ2v) is 8.18. The van der Waals surface area contributed by atoms with Crippen LogP contribution in [0.15, 0.2) is 22.7 Å². The van der Waals surface area contributed by atoms with Crippen LogP contribution in [0.4, 0.5) is 0 Å². The van der Waals surface area contributed by atoms with Gasteiger partial charge in [0.1, 0.15) is 0 Å².